The van der Waals surface area contributed by atoms with E-state index in [0.29, 0.717) is 0 Å². The van der Waals surface area contributed by atoms with Crippen LogP contribution in [0.4, 0.5) is 0 Å². The lowest BCUT2D eigenvalue weighted by Gasteiger charge is -2.70. The molecule has 2 aliphatic rings. The molecular formula is C16H31NS. The minimum atomic E-state index is -0.135. The van der Waals surface area contributed by atoms with Gasteiger partial charge in [0.05, 0.1) is 0 Å². The first-order chi connectivity index (χ1) is 7.77. The number of hydrogen-bond donors (Lipinski definition) is 2. The molecule has 106 valence electrons. The van der Waals surface area contributed by atoms with E-state index < -0.39 is 0 Å². The van der Waals surface area contributed by atoms with Crippen LogP contribution in [0.15, 0.2) is 0 Å². The summed E-state index contributed by atoms with van der Waals surface area (Å²) < 4.78 is 0.0822. The predicted molar refractivity (Wildman–Crippen MR) is 83.0 cm³/mol. The summed E-state index contributed by atoms with van der Waals surface area (Å²) >= 11 is 5.01. The van der Waals surface area contributed by atoms with Crippen molar-refractivity contribution >= 4 is 12.6 Å². The monoisotopic (exact) mass is 269 g/mol. The van der Waals surface area contributed by atoms with Crippen molar-refractivity contribution < 1.29 is 0 Å². The van der Waals surface area contributed by atoms with Gasteiger partial charge in [0.25, 0.3) is 0 Å². The van der Waals surface area contributed by atoms with Crippen LogP contribution in [-0.2, 0) is 0 Å². The molecule has 2 fully saturated rings. The molecule has 0 heterocycles. The van der Waals surface area contributed by atoms with Crippen molar-refractivity contribution in [3.8, 4) is 0 Å². The first kappa shape index (κ1) is 14.7. The van der Waals surface area contributed by atoms with Gasteiger partial charge in [0.15, 0.2) is 0 Å². The summed E-state index contributed by atoms with van der Waals surface area (Å²) in [6.07, 6.45) is 2.19. The van der Waals surface area contributed by atoms with Gasteiger partial charge in [-0.2, -0.15) is 12.6 Å². The van der Waals surface area contributed by atoms with Crippen LogP contribution in [-0.4, -0.2) is 10.3 Å². The van der Waals surface area contributed by atoms with Crippen molar-refractivity contribution in [2.24, 2.45) is 27.4 Å². The van der Waals surface area contributed by atoms with Crippen molar-refractivity contribution in [1.29, 1.82) is 0 Å². The van der Waals surface area contributed by atoms with Crippen molar-refractivity contribution in [3.63, 3.8) is 0 Å². The Bertz CT molecular complexity index is 398. The van der Waals surface area contributed by atoms with E-state index in [1.54, 1.807) is 0 Å². The molecular weight excluding hydrogens is 238 g/mol. The lowest BCUT2D eigenvalue weighted by molar-refractivity contribution is -0.150. The Hall–Kier alpha value is 0.310. The molecule has 2 N–H and O–H groups in total. The normalized spacial score (nSPS) is 57.0. The van der Waals surface area contributed by atoms with Crippen molar-refractivity contribution in [2.75, 3.05) is 0 Å². The van der Waals surface area contributed by atoms with Gasteiger partial charge in [-0.1, -0.05) is 55.4 Å². The summed E-state index contributed by atoms with van der Waals surface area (Å²) in [5, 5.41) is 0. The molecule has 4 atom stereocenters. The number of hydrogen-bond acceptors (Lipinski definition) is 2. The van der Waals surface area contributed by atoms with E-state index in [2.05, 4.69) is 55.4 Å². The molecule has 4 unspecified atom stereocenters. The fourth-order valence-corrected chi connectivity index (χ4v) is 7.18. The molecule has 0 saturated heterocycles. The first-order valence-electron chi connectivity index (χ1n) is 7.28. The van der Waals surface area contributed by atoms with Crippen LogP contribution in [0.5, 0.6) is 0 Å². The summed E-state index contributed by atoms with van der Waals surface area (Å²) in [6.45, 7) is 18.9. The smallest absolute Gasteiger partial charge is 0.0266 e. The largest absolute Gasteiger partial charge is 0.324 e. The number of rotatable bonds is 1. The molecule has 2 rings (SSSR count). The second-order valence-corrected chi connectivity index (χ2v) is 9.47. The molecule has 0 amide bonds. The number of nitrogens with two attached hydrogens (primary N) is 1. The molecule has 1 nitrogen and oxygen atoms in total. The van der Waals surface area contributed by atoms with E-state index in [0.717, 1.165) is 12.8 Å². The zero-order valence-corrected chi connectivity index (χ0v) is 14.3. The van der Waals surface area contributed by atoms with Gasteiger partial charge in [0.1, 0.15) is 0 Å². The van der Waals surface area contributed by atoms with Gasteiger partial charge in [0.2, 0.25) is 0 Å². The van der Waals surface area contributed by atoms with Gasteiger partial charge >= 0.3 is 0 Å². The van der Waals surface area contributed by atoms with E-state index >= 15 is 0 Å². The van der Waals surface area contributed by atoms with Crippen molar-refractivity contribution in [3.05, 3.63) is 0 Å². The second kappa shape index (κ2) is 3.14. The molecule has 0 aromatic carbocycles. The maximum absolute atomic E-state index is 6.99. The molecule has 2 heteroatoms. The van der Waals surface area contributed by atoms with Crippen LogP contribution < -0.4 is 5.73 Å². The average Bonchev–Trinajstić information content (AvgIpc) is 2.28. The Balaban J connectivity index is 2.75. The molecule has 0 aliphatic heterocycles. The van der Waals surface area contributed by atoms with Crippen molar-refractivity contribution in [1.82, 2.24) is 0 Å². The number of thiol groups is 1. The SMILES string of the molecule is CCC1(N)C(C)(C)C2(C)CC(C)(S)C2(C)C1(C)C. The van der Waals surface area contributed by atoms with E-state index in [9.17, 15) is 0 Å². The summed E-state index contributed by atoms with van der Waals surface area (Å²) in [5.41, 5.74) is 7.52. The highest BCUT2D eigenvalue weighted by atomic mass is 32.1. The molecule has 0 spiro atoms. The Morgan fingerprint density at radius 1 is 0.944 bits per heavy atom. The van der Waals surface area contributed by atoms with E-state index in [1.807, 2.05) is 0 Å². The van der Waals surface area contributed by atoms with Gasteiger partial charge in [-0.05, 0) is 34.5 Å². The minimum absolute atomic E-state index is 0.0822. The van der Waals surface area contributed by atoms with Gasteiger partial charge in [-0.25, -0.2) is 0 Å². The summed E-state index contributed by atoms with van der Waals surface area (Å²) in [5.74, 6) is 0. The minimum Gasteiger partial charge on any atom is -0.324 e. The van der Waals surface area contributed by atoms with Crippen LogP contribution in [0.25, 0.3) is 0 Å². The Morgan fingerprint density at radius 2 is 1.39 bits per heavy atom. The van der Waals surface area contributed by atoms with Crippen LogP contribution in [0.3, 0.4) is 0 Å². The Labute approximate surface area is 119 Å². The van der Waals surface area contributed by atoms with Crippen LogP contribution in [0.1, 0.15) is 68.2 Å². The third-order valence-corrected chi connectivity index (χ3v) is 8.90. The molecule has 0 radical (unpaired) electrons. The van der Waals surface area contributed by atoms with Crippen LogP contribution in [0.2, 0.25) is 0 Å². The van der Waals surface area contributed by atoms with Crippen LogP contribution >= 0.6 is 12.6 Å². The molecule has 18 heavy (non-hydrogen) atoms. The lowest BCUT2D eigenvalue weighted by Crippen LogP contribution is -2.68. The maximum atomic E-state index is 6.99. The topological polar surface area (TPSA) is 26.0 Å². The first-order valence-corrected chi connectivity index (χ1v) is 7.73. The highest BCUT2D eigenvalue weighted by Gasteiger charge is 2.85. The van der Waals surface area contributed by atoms with Crippen LogP contribution in [0, 0.1) is 21.7 Å². The Morgan fingerprint density at radius 3 is 1.67 bits per heavy atom. The summed E-state index contributed by atoms with van der Waals surface area (Å²) in [6, 6.07) is 0. The molecule has 0 aromatic rings. The zero-order chi connectivity index (χ0) is 14.4. The van der Waals surface area contributed by atoms with E-state index in [-0.39, 0.29) is 31.9 Å². The molecule has 2 aliphatic carbocycles. The lowest BCUT2D eigenvalue weighted by atomic mass is 9.38. The van der Waals surface area contributed by atoms with E-state index in [1.165, 1.54) is 0 Å². The van der Waals surface area contributed by atoms with Gasteiger partial charge in [0, 0.05) is 10.3 Å². The van der Waals surface area contributed by atoms with Gasteiger partial charge < -0.3 is 5.73 Å². The maximum Gasteiger partial charge on any atom is 0.0266 e. The fraction of sp³-hybridized carbons (Fsp3) is 1.00. The Kier molecular flexibility index (Phi) is 2.56. The third-order valence-electron chi connectivity index (χ3n) is 8.30. The zero-order valence-electron chi connectivity index (χ0n) is 13.4. The molecule has 2 saturated carbocycles. The fourth-order valence-electron chi connectivity index (χ4n) is 6.34. The quantitative estimate of drug-likeness (QED) is 0.683. The highest BCUT2D eigenvalue weighted by Crippen LogP contribution is 2.86. The highest BCUT2D eigenvalue weighted by molar-refractivity contribution is 7.81. The second-order valence-electron chi connectivity index (χ2n) is 8.48. The number of fused-ring (bicyclic) bond motifs is 1. The summed E-state index contributed by atoms with van der Waals surface area (Å²) in [4.78, 5) is 0. The molecule has 0 bridgehead atoms. The standard InChI is InChI=1S/C16H31NS/c1-9-16(17)11(2,3)13(6)10-14(7,18)15(13,8)12(16,4)5/h18H,9-10,17H2,1-8H3. The predicted octanol–water partition coefficient (Wildman–Crippen LogP) is 4.26. The van der Waals surface area contributed by atoms with Gasteiger partial charge in [-0.15, -0.1) is 0 Å². The van der Waals surface area contributed by atoms with Crippen molar-refractivity contribution in [2.45, 2.75) is 78.5 Å². The average molecular weight is 269 g/mol. The summed E-state index contributed by atoms with van der Waals surface area (Å²) in [7, 11) is 0. The third kappa shape index (κ3) is 0.954. The molecule has 0 aromatic heterocycles. The van der Waals surface area contributed by atoms with E-state index in [4.69, 9.17) is 18.4 Å². The van der Waals surface area contributed by atoms with Gasteiger partial charge in [-0.3, -0.25) is 0 Å².